The Morgan fingerprint density at radius 3 is 2.16 bits per heavy atom. The molecule has 0 aliphatic heterocycles. The van der Waals surface area contributed by atoms with Crippen molar-refractivity contribution in [2.75, 3.05) is 13.7 Å². The molecule has 0 aromatic carbocycles. The number of ether oxygens (including phenoxy) is 1. The predicted molar refractivity (Wildman–Crippen MR) is 76.1 cm³/mol. The van der Waals surface area contributed by atoms with Crippen molar-refractivity contribution >= 4 is 0 Å². The maximum Gasteiger partial charge on any atom is 0.160 e. The first-order valence-electron chi connectivity index (χ1n) is 7.15. The quantitative estimate of drug-likeness (QED) is 0.907. The number of aromatic nitrogens is 2. The van der Waals surface area contributed by atoms with Gasteiger partial charge in [-0.05, 0) is 57.6 Å². The molecule has 0 bridgehead atoms. The molecule has 0 amide bonds. The monoisotopic (exact) mass is 263 g/mol. The first-order chi connectivity index (χ1) is 9.04. The van der Waals surface area contributed by atoms with Crippen LogP contribution in [0.5, 0.6) is 0 Å². The van der Waals surface area contributed by atoms with Crippen LogP contribution in [0.3, 0.4) is 0 Å². The van der Waals surface area contributed by atoms with E-state index in [1.54, 1.807) is 7.11 Å². The second-order valence-electron chi connectivity index (χ2n) is 5.67. The summed E-state index contributed by atoms with van der Waals surface area (Å²) in [6, 6.07) is 0. The fourth-order valence-electron chi connectivity index (χ4n) is 3.22. The van der Waals surface area contributed by atoms with E-state index >= 15 is 0 Å². The van der Waals surface area contributed by atoms with Crippen LogP contribution >= 0.6 is 0 Å². The fraction of sp³-hybridized carbons (Fsp3) is 0.733. The molecular weight excluding hydrogens is 238 g/mol. The van der Waals surface area contributed by atoms with E-state index in [0.29, 0.717) is 12.5 Å². The van der Waals surface area contributed by atoms with Gasteiger partial charge in [0.1, 0.15) is 5.60 Å². The third kappa shape index (κ3) is 2.51. The molecule has 2 N–H and O–H groups in total. The smallest absolute Gasteiger partial charge is 0.160 e. The maximum absolute atomic E-state index is 5.77. The van der Waals surface area contributed by atoms with Crippen molar-refractivity contribution in [2.24, 2.45) is 5.73 Å². The van der Waals surface area contributed by atoms with Gasteiger partial charge in [0.2, 0.25) is 0 Å². The Morgan fingerprint density at radius 1 is 1.21 bits per heavy atom. The fourth-order valence-corrected chi connectivity index (χ4v) is 3.22. The van der Waals surface area contributed by atoms with Crippen molar-refractivity contribution in [1.29, 1.82) is 0 Å². The average Bonchev–Trinajstić information content (AvgIpc) is 2.87. The minimum absolute atomic E-state index is 0.264. The summed E-state index contributed by atoms with van der Waals surface area (Å²) >= 11 is 0. The molecule has 1 saturated carbocycles. The first-order valence-corrected chi connectivity index (χ1v) is 7.15. The van der Waals surface area contributed by atoms with E-state index < -0.39 is 0 Å². The second-order valence-corrected chi connectivity index (χ2v) is 5.67. The minimum atomic E-state index is -0.264. The van der Waals surface area contributed by atoms with Gasteiger partial charge < -0.3 is 10.5 Å². The molecule has 106 valence electrons. The van der Waals surface area contributed by atoms with Crippen molar-refractivity contribution in [3.8, 4) is 0 Å². The summed E-state index contributed by atoms with van der Waals surface area (Å²) in [5.41, 5.74) is 8.79. The highest BCUT2D eigenvalue weighted by atomic mass is 16.5. The Balaban J connectivity index is 2.45. The number of hydrogen-bond donors (Lipinski definition) is 1. The molecule has 1 fully saturated rings. The van der Waals surface area contributed by atoms with Gasteiger partial charge in [0, 0.05) is 18.5 Å². The summed E-state index contributed by atoms with van der Waals surface area (Å²) < 4.78 is 5.77. The summed E-state index contributed by atoms with van der Waals surface area (Å²) in [6.45, 7) is 6.86. The summed E-state index contributed by atoms with van der Waals surface area (Å²) in [6.07, 6.45) is 4.43. The normalized spacial score (nSPS) is 19.6. The summed E-state index contributed by atoms with van der Waals surface area (Å²) in [5, 5.41) is 0. The molecule has 1 heterocycles. The summed E-state index contributed by atoms with van der Waals surface area (Å²) in [4.78, 5) is 9.47. The van der Waals surface area contributed by atoms with Crippen molar-refractivity contribution in [2.45, 2.75) is 58.0 Å². The van der Waals surface area contributed by atoms with Crippen molar-refractivity contribution < 1.29 is 4.74 Å². The maximum atomic E-state index is 5.77. The van der Waals surface area contributed by atoms with Crippen LogP contribution in [0.4, 0.5) is 0 Å². The lowest BCUT2D eigenvalue weighted by molar-refractivity contribution is -0.0166. The van der Waals surface area contributed by atoms with Crippen LogP contribution in [0, 0.1) is 13.8 Å². The van der Waals surface area contributed by atoms with Gasteiger partial charge in [-0.25, -0.2) is 9.97 Å². The lowest BCUT2D eigenvalue weighted by Gasteiger charge is -2.27. The predicted octanol–water partition coefficient (Wildman–Crippen LogP) is 2.57. The first kappa shape index (κ1) is 14.4. The number of methoxy groups -OCH3 is 1. The van der Waals surface area contributed by atoms with Gasteiger partial charge in [0.15, 0.2) is 5.82 Å². The van der Waals surface area contributed by atoms with E-state index in [2.05, 4.69) is 20.8 Å². The Bertz CT molecular complexity index is 430. The largest absolute Gasteiger partial charge is 0.370 e. The number of hydrogen-bond acceptors (Lipinski definition) is 4. The Hall–Kier alpha value is -1.00. The third-order valence-electron chi connectivity index (χ3n) is 4.38. The highest BCUT2D eigenvalue weighted by molar-refractivity contribution is 5.29. The van der Waals surface area contributed by atoms with Crippen LogP contribution in [0.15, 0.2) is 0 Å². The lowest BCUT2D eigenvalue weighted by atomic mass is 9.96. The topological polar surface area (TPSA) is 61.0 Å². The van der Waals surface area contributed by atoms with E-state index in [4.69, 9.17) is 20.4 Å². The van der Waals surface area contributed by atoms with Crippen LogP contribution < -0.4 is 5.73 Å². The zero-order valence-electron chi connectivity index (χ0n) is 12.5. The molecule has 0 spiro atoms. The van der Waals surface area contributed by atoms with Crippen molar-refractivity contribution in [3.05, 3.63) is 22.8 Å². The van der Waals surface area contributed by atoms with Crippen LogP contribution in [0.1, 0.15) is 61.3 Å². The van der Waals surface area contributed by atoms with Gasteiger partial charge >= 0.3 is 0 Å². The van der Waals surface area contributed by atoms with Crippen molar-refractivity contribution in [1.82, 2.24) is 9.97 Å². The molecule has 1 aliphatic carbocycles. The van der Waals surface area contributed by atoms with E-state index in [1.807, 2.05) is 0 Å². The molecule has 2 rings (SSSR count). The number of aryl methyl sites for hydroxylation is 2. The molecule has 1 aliphatic rings. The average molecular weight is 263 g/mol. The molecule has 1 aromatic heterocycles. The zero-order valence-corrected chi connectivity index (χ0v) is 12.5. The Labute approximate surface area is 115 Å². The Morgan fingerprint density at radius 2 is 1.74 bits per heavy atom. The van der Waals surface area contributed by atoms with Gasteiger partial charge in [-0.1, -0.05) is 6.92 Å². The summed E-state index contributed by atoms with van der Waals surface area (Å²) in [5.74, 6) is 1.16. The minimum Gasteiger partial charge on any atom is -0.370 e. The molecule has 1 atom stereocenters. The van der Waals surface area contributed by atoms with E-state index in [0.717, 1.165) is 30.1 Å². The van der Waals surface area contributed by atoms with Gasteiger partial charge in [-0.2, -0.15) is 0 Å². The van der Waals surface area contributed by atoms with Crippen LogP contribution in [0.2, 0.25) is 0 Å². The third-order valence-corrected chi connectivity index (χ3v) is 4.38. The molecular formula is C15H25N3O. The van der Waals surface area contributed by atoms with Crippen LogP contribution in [0.25, 0.3) is 0 Å². The molecule has 4 heteroatoms. The summed E-state index contributed by atoms with van der Waals surface area (Å²) in [7, 11) is 1.77. The second kappa shape index (κ2) is 5.55. The Kier molecular flexibility index (Phi) is 4.21. The van der Waals surface area contributed by atoms with Gasteiger partial charge in [0.05, 0.1) is 0 Å². The lowest BCUT2D eigenvalue weighted by Crippen LogP contribution is -2.29. The molecule has 1 aromatic rings. The number of rotatable bonds is 4. The SMILES string of the molecule is COC1(c2nc(C)c(C(C)CN)c(C)n2)CCCC1. The van der Waals surface area contributed by atoms with E-state index in [-0.39, 0.29) is 5.60 Å². The van der Waals surface area contributed by atoms with E-state index in [1.165, 1.54) is 18.4 Å². The van der Waals surface area contributed by atoms with Crippen LogP contribution in [-0.2, 0) is 10.3 Å². The molecule has 1 unspecified atom stereocenters. The number of nitrogens with two attached hydrogens (primary N) is 1. The number of nitrogens with zero attached hydrogens (tertiary/aromatic N) is 2. The van der Waals surface area contributed by atoms with Gasteiger partial charge in [0.25, 0.3) is 0 Å². The highest BCUT2D eigenvalue weighted by Gasteiger charge is 2.39. The van der Waals surface area contributed by atoms with Gasteiger partial charge in [-0.15, -0.1) is 0 Å². The van der Waals surface area contributed by atoms with Gasteiger partial charge in [-0.3, -0.25) is 0 Å². The van der Waals surface area contributed by atoms with Crippen LogP contribution in [-0.4, -0.2) is 23.6 Å². The standard InChI is InChI=1S/C15H25N3O/c1-10(9-16)13-11(2)17-14(18-12(13)3)15(19-4)7-5-6-8-15/h10H,5-9,16H2,1-4H3. The van der Waals surface area contributed by atoms with Crippen molar-refractivity contribution in [3.63, 3.8) is 0 Å². The highest BCUT2D eigenvalue weighted by Crippen LogP contribution is 2.40. The van der Waals surface area contributed by atoms with E-state index in [9.17, 15) is 0 Å². The molecule has 0 saturated heterocycles. The molecule has 0 radical (unpaired) electrons. The molecule has 4 nitrogen and oxygen atoms in total. The zero-order chi connectivity index (χ0) is 14.0. The molecule has 19 heavy (non-hydrogen) atoms.